The lowest BCUT2D eigenvalue weighted by Gasteiger charge is -2.15. The van der Waals surface area contributed by atoms with Crippen LogP contribution in [0.2, 0.25) is 0 Å². The molecule has 3 aromatic heterocycles. The van der Waals surface area contributed by atoms with Crippen LogP contribution < -0.4 is 5.32 Å². The van der Waals surface area contributed by atoms with Gasteiger partial charge in [-0.25, -0.2) is 19.0 Å². The van der Waals surface area contributed by atoms with E-state index in [9.17, 15) is 22.4 Å². The molecule has 0 bridgehead atoms. The molecule has 0 unspecified atom stereocenters. The molecular weight excluding hydrogens is 456 g/mol. The summed E-state index contributed by atoms with van der Waals surface area (Å²) in [5.74, 6) is -0.901. The molecule has 0 aliphatic rings. The average molecular weight is 470 g/mol. The van der Waals surface area contributed by atoms with E-state index in [0.29, 0.717) is 17.4 Å². The second kappa shape index (κ2) is 8.74. The number of carbonyl (C=O) groups is 1. The molecule has 4 aromatic rings. The van der Waals surface area contributed by atoms with Crippen LogP contribution >= 0.6 is 0 Å². The molecule has 4 rings (SSSR count). The predicted molar refractivity (Wildman–Crippen MR) is 108 cm³/mol. The third-order valence-electron chi connectivity index (χ3n) is 4.71. The van der Waals surface area contributed by atoms with E-state index in [2.05, 4.69) is 25.5 Å². The van der Waals surface area contributed by atoms with Crippen molar-refractivity contribution in [2.45, 2.75) is 19.1 Å². The molecule has 0 radical (unpaired) electrons. The number of benzene rings is 1. The van der Waals surface area contributed by atoms with Crippen LogP contribution in [0.5, 0.6) is 0 Å². The first-order valence-corrected chi connectivity index (χ1v) is 9.68. The molecule has 0 saturated heterocycles. The fourth-order valence-electron chi connectivity index (χ4n) is 3.10. The van der Waals surface area contributed by atoms with Crippen LogP contribution in [0.1, 0.15) is 40.5 Å². The van der Waals surface area contributed by atoms with Crippen LogP contribution in [0.3, 0.4) is 0 Å². The lowest BCUT2D eigenvalue weighted by Crippen LogP contribution is -2.30. The highest BCUT2D eigenvalue weighted by molar-refractivity contribution is 5.93. The van der Waals surface area contributed by atoms with E-state index in [-0.39, 0.29) is 11.5 Å². The predicted octanol–water partition coefficient (Wildman–Crippen LogP) is 3.37. The zero-order valence-electron chi connectivity index (χ0n) is 17.3. The van der Waals surface area contributed by atoms with Gasteiger partial charge in [-0.15, -0.1) is 0 Å². The van der Waals surface area contributed by atoms with Gasteiger partial charge in [0.15, 0.2) is 17.3 Å². The number of pyridine rings is 1. The molecule has 0 aliphatic heterocycles. The lowest BCUT2D eigenvalue weighted by molar-refractivity contribution is -0.141. The molecule has 3 heterocycles. The van der Waals surface area contributed by atoms with Gasteiger partial charge in [-0.1, -0.05) is 0 Å². The van der Waals surface area contributed by atoms with E-state index in [1.807, 2.05) is 6.07 Å². The number of hydrogen-bond donors (Lipinski definition) is 1. The van der Waals surface area contributed by atoms with Crippen LogP contribution in [-0.2, 0) is 6.18 Å². The van der Waals surface area contributed by atoms with Crippen molar-refractivity contribution >= 4 is 5.91 Å². The summed E-state index contributed by atoms with van der Waals surface area (Å²) in [6.45, 7) is 1.56. The van der Waals surface area contributed by atoms with Crippen molar-refractivity contribution in [3.63, 3.8) is 0 Å². The standard InChI is InChI=1S/C21H14F4N8O/c1-12(19-28-11-29-33(19)18-7-2-13(9-26)10-27-18)30-20(34)16-8-17(21(23,24)25)31-32(16)15-5-3-14(22)4-6-15/h2-8,10-12H,1H3,(H,30,34)/t12-/m1/s1. The minimum absolute atomic E-state index is 0.0691. The fourth-order valence-corrected chi connectivity index (χ4v) is 3.10. The van der Waals surface area contributed by atoms with Crippen molar-refractivity contribution < 1.29 is 22.4 Å². The number of nitriles is 1. The quantitative estimate of drug-likeness (QED) is 0.448. The molecule has 13 heteroatoms. The molecule has 172 valence electrons. The number of aromatic nitrogens is 6. The first-order valence-electron chi connectivity index (χ1n) is 9.68. The van der Waals surface area contributed by atoms with E-state index >= 15 is 0 Å². The Morgan fingerprint density at radius 2 is 1.85 bits per heavy atom. The van der Waals surface area contributed by atoms with Crippen LogP contribution in [0.25, 0.3) is 11.5 Å². The normalized spacial score (nSPS) is 12.2. The van der Waals surface area contributed by atoms with Crippen LogP contribution in [0.15, 0.2) is 55.0 Å². The summed E-state index contributed by atoms with van der Waals surface area (Å²) in [5.41, 5.74) is -1.28. The first kappa shape index (κ1) is 22.6. The highest BCUT2D eigenvalue weighted by atomic mass is 19.4. The van der Waals surface area contributed by atoms with E-state index in [1.54, 1.807) is 6.92 Å². The number of halogens is 4. The minimum Gasteiger partial charge on any atom is -0.341 e. The van der Waals surface area contributed by atoms with Gasteiger partial charge >= 0.3 is 6.18 Å². The Balaban J connectivity index is 1.64. The van der Waals surface area contributed by atoms with Gasteiger partial charge in [-0.3, -0.25) is 4.79 Å². The molecule has 1 amide bonds. The summed E-state index contributed by atoms with van der Waals surface area (Å²) in [6.07, 6.45) is -2.24. The van der Waals surface area contributed by atoms with Crippen LogP contribution in [-0.4, -0.2) is 35.4 Å². The fraction of sp³-hybridized carbons (Fsp3) is 0.143. The van der Waals surface area contributed by atoms with Crippen molar-refractivity contribution in [1.82, 2.24) is 34.8 Å². The number of nitrogens with one attached hydrogen (secondary N) is 1. The third kappa shape index (κ3) is 4.46. The zero-order chi connectivity index (χ0) is 24.5. The number of carbonyl (C=O) groups excluding carboxylic acids is 1. The molecule has 9 nitrogen and oxygen atoms in total. The Bertz CT molecular complexity index is 1370. The Hall–Kier alpha value is -4.60. The van der Waals surface area contributed by atoms with Gasteiger partial charge in [0, 0.05) is 12.3 Å². The molecule has 1 N–H and O–H groups in total. The van der Waals surface area contributed by atoms with Gasteiger partial charge in [-0.05, 0) is 43.3 Å². The smallest absolute Gasteiger partial charge is 0.341 e. The van der Waals surface area contributed by atoms with Gasteiger partial charge in [0.05, 0.1) is 17.3 Å². The van der Waals surface area contributed by atoms with E-state index in [0.717, 1.165) is 16.8 Å². The summed E-state index contributed by atoms with van der Waals surface area (Å²) in [7, 11) is 0. The lowest BCUT2D eigenvalue weighted by atomic mass is 10.2. The topological polar surface area (TPSA) is 114 Å². The first-order chi connectivity index (χ1) is 16.2. The number of amides is 1. The second-order valence-corrected chi connectivity index (χ2v) is 7.04. The van der Waals surface area contributed by atoms with Gasteiger partial charge < -0.3 is 5.32 Å². The zero-order valence-corrected chi connectivity index (χ0v) is 17.3. The minimum atomic E-state index is -4.80. The van der Waals surface area contributed by atoms with Crippen molar-refractivity contribution in [3.8, 4) is 17.6 Å². The maximum atomic E-state index is 13.3. The molecule has 0 spiro atoms. The summed E-state index contributed by atoms with van der Waals surface area (Å²) in [4.78, 5) is 21.2. The number of nitrogens with zero attached hydrogens (tertiary/aromatic N) is 7. The van der Waals surface area contributed by atoms with Gasteiger partial charge in [0.1, 0.15) is 23.9 Å². The Labute approximate surface area is 189 Å². The Kier molecular flexibility index (Phi) is 5.80. The Morgan fingerprint density at radius 1 is 1.12 bits per heavy atom. The number of hydrogen-bond acceptors (Lipinski definition) is 6. The van der Waals surface area contributed by atoms with E-state index in [4.69, 9.17) is 5.26 Å². The van der Waals surface area contributed by atoms with E-state index < -0.39 is 35.3 Å². The van der Waals surface area contributed by atoms with Crippen molar-refractivity contribution in [3.05, 3.63) is 83.6 Å². The van der Waals surface area contributed by atoms with E-state index in [1.165, 1.54) is 41.5 Å². The summed E-state index contributed by atoms with van der Waals surface area (Å²) in [6, 6.07) is 9.30. The highest BCUT2D eigenvalue weighted by Crippen LogP contribution is 2.30. The van der Waals surface area contributed by atoms with Crippen LogP contribution in [0, 0.1) is 17.1 Å². The van der Waals surface area contributed by atoms with Crippen molar-refractivity contribution in [2.75, 3.05) is 0 Å². The average Bonchev–Trinajstić information content (AvgIpc) is 3.47. The molecule has 0 fully saturated rings. The van der Waals surface area contributed by atoms with Gasteiger partial charge in [0.2, 0.25) is 0 Å². The highest BCUT2D eigenvalue weighted by Gasteiger charge is 2.36. The SMILES string of the molecule is C[C@@H](NC(=O)c1cc(C(F)(F)F)nn1-c1ccc(F)cc1)c1ncnn1-c1ccc(C#N)cn1. The molecule has 1 atom stereocenters. The molecule has 0 saturated carbocycles. The largest absolute Gasteiger partial charge is 0.435 e. The monoisotopic (exact) mass is 470 g/mol. The Morgan fingerprint density at radius 3 is 2.47 bits per heavy atom. The molecular formula is C21H14F4N8O. The van der Waals surface area contributed by atoms with Crippen molar-refractivity contribution in [1.29, 1.82) is 5.26 Å². The van der Waals surface area contributed by atoms with Crippen molar-refractivity contribution in [2.24, 2.45) is 0 Å². The molecule has 34 heavy (non-hydrogen) atoms. The van der Waals surface area contributed by atoms with Gasteiger partial charge in [0.25, 0.3) is 5.91 Å². The maximum Gasteiger partial charge on any atom is 0.435 e. The summed E-state index contributed by atoms with van der Waals surface area (Å²) < 4.78 is 55.3. The maximum absolute atomic E-state index is 13.3. The van der Waals surface area contributed by atoms with Crippen LogP contribution in [0.4, 0.5) is 17.6 Å². The molecule has 1 aromatic carbocycles. The summed E-state index contributed by atoms with van der Waals surface area (Å²) in [5, 5.41) is 19.0. The third-order valence-corrected chi connectivity index (χ3v) is 4.71. The van der Waals surface area contributed by atoms with Gasteiger partial charge in [-0.2, -0.15) is 33.3 Å². The number of alkyl halides is 3. The summed E-state index contributed by atoms with van der Waals surface area (Å²) >= 11 is 0. The molecule has 0 aliphatic carbocycles. The number of rotatable bonds is 5. The second-order valence-electron chi connectivity index (χ2n) is 7.04.